The van der Waals surface area contributed by atoms with Crippen LogP contribution in [0.15, 0.2) is 77.6 Å². The van der Waals surface area contributed by atoms with Crippen LogP contribution in [0.5, 0.6) is 0 Å². The molecule has 0 aliphatic carbocycles. The Hall–Kier alpha value is -3.51. The zero-order valence-electron chi connectivity index (χ0n) is 18.5. The molecule has 0 fully saturated rings. The van der Waals surface area contributed by atoms with Gasteiger partial charge in [0.05, 0.1) is 18.3 Å². The molecule has 3 rings (SSSR count). The van der Waals surface area contributed by atoms with Gasteiger partial charge in [0.2, 0.25) is 5.91 Å². The number of pyridine rings is 1. The van der Waals surface area contributed by atoms with Crippen LogP contribution >= 0.6 is 0 Å². The predicted octanol–water partition coefficient (Wildman–Crippen LogP) is 3.65. The highest BCUT2D eigenvalue weighted by molar-refractivity contribution is 5.94. The van der Waals surface area contributed by atoms with E-state index in [0.717, 1.165) is 12.0 Å². The zero-order chi connectivity index (χ0) is 22.9. The molecule has 6 nitrogen and oxygen atoms in total. The first kappa shape index (κ1) is 23.2. The number of likely N-dealkylation sites (N-methyl/N-ethyl adjacent to an activating group) is 1. The number of aromatic nitrogens is 1. The molecule has 3 aromatic rings. The van der Waals surface area contributed by atoms with Gasteiger partial charge >= 0.3 is 0 Å². The summed E-state index contributed by atoms with van der Waals surface area (Å²) in [7, 11) is 1.68. The predicted molar refractivity (Wildman–Crippen MR) is 128 cm³/mol. The Balaban J connectivity index is 1.82. The number of hydrogen-bond donors (Lipinski definition) is 2. The Kier molecular flexibility index (Phi) is 8.11. The van der Waals surface area contributed by atoms with Gasteiger partial charge in [-0.25, -0.2) is 0 Å². The van der Waals surface area contributed by atoms with Crippen molar-refractivity contribution in [3.8, 4) is 11.3 Å². The largest absolute Gasteiger partial charge is 0.320 e. The molecular weight excluding hydrogens is 402 g/mol. The first-order chi connectivity index (χ1) is 15.5. The molecule has 0 bridgehead atoms. The maximum atomic E-state index is 13.2. The van der Waals surface area contributed by atoms with Crippen LogP contribution in [-0.2, 0) is 22.6 Å². The number of ketones is 1. The van der Waals surface area contributed by atoms with E-state index in [1.807, 2.05) is 60.7 Å². The molecule has 0 aliphatic heterocycles. The Labute approximate surface area is 188 Å². The fraction of sp³-hybridized carbons (Fsp3) is 0.269. The van der Waals surface area contributed by atoms with Crippen LogP contribution in [0.3, 0.4) is 0 Å². The summed E-state index contributed by atoms with van der Waals surface area (Å²) in [6.07, 6.45) is 1.91. The maximum Gasteiger partial charge on any atom is 0.275 e. The molecule has 0 aliphatic rings. The van der Waals surface area contributed by atoms with E-state index in [4.69, 9.17) is 0 Å². The van der Waals surface area contributed by atoms with E-state index in [1.54, 1.807) is 26.1 Å². The lowest BCUT2D eigenvalue weighted by Gasteiger charge is -2.16. The summed E-state index contributed by atoms with van der Waals surface area (Å²) in [5.41, 5.74) is 2.44. The summed E-state index contributed by atoms with van der Waals surface area (Å²) >= 11 is 0. The van der Waals surface area contributed by atoms with Crippen molar-refractivity contribution in [2.24, 2.45) is 0 Å². The Bertz CT molecular complexity index is 1110. The molecule has 2 N–H and O–H groups in total. The Morgan fingerprint density at radius 1 is 0.938 bits per heavy atom. The van der Waals surface area contributed by atoms with Gasteiger partial charge in [-0.1, -0.05) is 60.7 Å². The number of aryl methyl sites for hydroxylation is 1. The smallest absolute Gasteiger partial charge is 0.275 e. The highest BCUT2D eigenvalue weighted by Crippen LogP contribution is 2.19. The summed E-state index contributed by atoms with van der Waals surface area (Å²) < 4.78 is 1.46. The van der Waals surface area contributed by atoms with Gasteiger partial charge < -0.3 is 10.6 Å². The molecule has 1 amide bonds. The normalized spacial score (nSPS) is 11.7. The topological polar surface area (TPSA) is 80.2 Å². The number of carbonyl (C=O) groups is 2. The lowest BCUT2D eigenvalue weighted by molar-refractivity contribution is -0.119. The SMILES string of the molecule is CN[C@@H](C)C(=O)Nc1ccc(-c2ccccc2)n(CC(=O)CCCc2ccccc2)c1=O. The van der Waals surface area contributed by atoms with Crippen molar-refractivity contribution < 1.29 is 9.59 Å². The van der Waals surface area contributed by atoms with E-state index in [2.05, 4.69) is 10.6 Å². The molecule has 6 heteroatoms. The van der Waals surface area contributed by atoms with E-state index in [1.165, 1.54) is 10.1 Å². The molecule has 0 saturated heterocycles. The minimum Gasteiger partial charge on any atom is -0.320 e. The monoisotopic (exact) mass is 431 g/mol. The van der Waals surface area contributed by atoms with Gasteiger partial charge in [0.15, 0.2) is 5.78 Å². The zero-order valence-corrected chi connectivity index (χ0v) is 18.5. The van der Waals surface area contributed by atoms with Crippen LogP contribution in [0.2, 0.25) is 0 Å². The lowest BCUT2D eigenvalue weighted by Crippen LogP contribution is -2.38. The molecule has 0 radical (unpaired) electrons. The number of nitrogens with one attached hydrogen (secondary N) is 2. The fourth-order valence-corrected chi connectivity index (χ4v) is 3.45. The van der Waals surface area contributed by atoms with E-state index < -0.39 is 6.04 Å². The van der Waals surface area contributed by atoms with E-state index in [0.29, 0.717) is 18.5 Å². The quantitative estimate of drug-likeness (QED) is 0.514. The van der Waals surface area contributed by atoms with E-state index in [9.17, 15) is 14.4 Å². The number of benzene rings is 2. The van der Waals surface area contributed by atoms with Crippen LogP contribution in [0.1, 0.15) is 25.3 Å². The van der Waals surface area contributed by atoms with Crippen molar-refractivity contribution in [2.75, 3.05) is 12.4 Å². The molecule has 2 aromatic carbocycles. The highest BCUT2D eigenvalue weighted by Gasteiger charge is 2.17. The fourth-order valence-electron chi connectivity index (χ4n) is 3.45. The highest BCUT2D eigenvalue weighted by atomic mass is 16.2. The summed E-state index contributed by atoms with van der Waals surface area (Å²) in [5.74, 6) is -0.329. The summed E-state index contributed by atoms with van der Waals surface area (Å²) in [6.45, 7) is 1.67. The summed E-state index contributed by atoms with van der Waals surface area (Å²) in [5, 5.41) is 5.52. The number of nitrogens with zero attached hydrogens (tertiary/aromatic N) is 1. The minimum absolute atomic E-state index is 0.0210. The number of hydrogen-bond acceptors (Lipinski definition) is 4. The molecule has 1 atom stereocenters. The molecule has 0 saturated carbocycles. The van der Waals surface area contributed by atoms with Crippen molar-refractivity contribution in [1.82, 2.24) is 9.88 Å². The van der Waals surface area contributed by atoms with Gasteiger partial charge in [0.1, 0.15) is 5.69 Å². The minimum atomic E-state index is -0.448. The molecule has 166 valence electrons. The lowest BCUT2D eigenvalue weighted by atomic mass is 10.1. The maximum absolute atomic E-state index is 13.2. The third-order valence-corrected chi connectivity index (χ3v) is 5.43. The van der Waals surface area contributed by atoms with Crippen LogP contribution in [0, 0.1) is 0 Å². The van der Waals surface area contributed by atoms with Crippen molar-refractivity contribution in [3.05, 3.63) is 88.7 Å². The molecule has 32 heavy (non-hydrogen) atoms. The summed E-state index contributed by atoms with van der Waals surface area (Å²) in [6, 6.07) is 22.4. The van der Waals surface area contributed by atoms with Gasteiger partial charge in [0.25, 0.3) is 5.56 Å². The van der Waals surface area contributed by atoms with Crippen molar-refractivity contribution in [2.45, 2.75) is 38.8 Å². The first-order valence-electron chi connectivity index (χ1n) is 10.8. The van der Waals surface area contributed by atoms with E-state index >= 15 is 0 Å². The van der Waals surface area contributed by atoms with Gasteiger partial charge in [-0.3, -0.25) is 19.0 Å². The number of anilines is 1. The Morgan fingerprint density at radius 2 is 1.59 bits per heavy atom. The second-order valence-corrected chi connectivity index (χ2v) is 7.77. The average Bonchev–Trinajstić information content (AvgIpc) is 2.82. The molecule has 1 heterocycles. The van der Waals surface area contributed by atoms with Gasteiger partial charge in [-0.2, -0.15) is 0 Å². The first-order valence-corrected chi connectivity index (χ1v) is 10.8. The van der Waals surface area contributed by atoms with Gasteiger partial charge in [-0.05, 0) is 50.1 Å². The number of rotatable bonds is 10. The number of Topliss-reactive ketones (excluding diaryl/α,β-unsaturated/α-hetero) is 1. The molecule has 0 spiro atoms. The van der Waals surface area contributed by atoms with Crippen LogP contribution in [-0.4, -0.2) is 29.3 Å². The Morgan fingerprint density at radius 3 is 2.25 bits per heavy atom. The third kappa shape index (κ3) is 6.02. The second kappa shape index (κ2) is 11.2. The van der Waals surface area contributed by atoms with Crippen LogP contribution in [0.25, 0.3) is 11.3 Å². The molecule has 1 aromatic heterocycles. The third-order valence-electron chi connectivity index (χ3n) is 5.43. The van der Waals surface area contributed by atoms with Crippen LogP contribution in [0.4, 0.5) is 5.69 Å². The number of amides is 1. The van der Waals surface area contributed by atoms with E-state index in [-0.39, 0.29) is 29.5 Å². The number of carbonyl (C=O) groups excluding carboxylic acids is 2. The summed E-state index contributed by atoms with van der Waals surface area (Å²) in [4.78, 5) is 38.3. The standard InChI is InChI=1S/C26H29N3O3/c1-19(27-2)25(31)28-23-16-17-24(21-13-7-4-8-14-21)29(26(23)32)18-22(30)15-9-12-20-10-5-3-6-11-20/h3-8,10-11,13-14,16-17,19,27H,9,12,15,18H2,1-2H3,(H,28,31)/t19-/m0/s1. The van der Waals surface area contributed by atoms with Crippen molar-refractivity contribution in [3.63, 3.8) is 0 Å². The molecular formula is C26H29N3O3. The van der Waals surface area contributed by atoms with Gasteiger partial charge in [0, 0.05) is 6.42 Å². The van der Waals surface area contributed by atoms with Crippen LogP contribution < -0.4 is 16.2 Å². The second-order valence-electron chi connectivity index (χ2n) is 7.77. The van der Waals surface area contributed by atoms with Crippen molar-refractivity contribution in [1.29, 1.82) is 0 Å². The average molecular weight is 432 g/mol. The van der Waals surface area contributed by atoms with Crippen molar-refractivity contribution >= 4 is 17.4 Å². The molecule has 0 unspecified atom stereocenters. The van der Waals surface area contributed by atoms with Gasteiger partial charge in [-0.15, -0.1) is 0 Å².